The summed E-state index contributed by atoms with van der Waals surface area (Å²) in [6, 6.07) is 13.4. The number of benzene rings is 1. The molecule has 0 bridgehead atoms. The molecular weight excluding hydrogens is 264 g/mol. The maximum atomic E-state index is 11.5. The van der Waals surface area contributed by atoms with Gasteiger partial charge < -0.3 is 4.90 Å². The van der Waals surface area contributed by atoms with Crippen LogP contribution in [0.25, 0.3) is 0 Å². The lowest BCUT2D eigenvalue weighted by atomic mass is 10.1. The zero-order chi connectivity index (χ0) is 15.1. The number of likely N-dealkylation sites (N-methyl/N-ethyl adjacent to an activating group) is 1. The Balaban J connectivity index is 1.90. The molecule has 5 heteroatoms. The quantitative estimate of drug-likeness (QED) is 0.477. The first-order chi connectivity index (χ1) is 10.2. The van der Waals surface area contributed by atoms with Gasteiger partial charge in [0.25, 0.3) is 5.91 Å². The molecule has 0 aliphatic heterocycles. The van der Waals surface area contributed by atoms with Crippen molar-refractivity contribution in [2.45, 2.75) is 13.0 Å². The van der Waals surface area contributed by atoms with Gasteiger partial charge >= 0.3 is 0 Å². The smallest absolute Gasteiger partial charge is 0.265 e. The third kappa shape index (κ3) is 4.66. The van der Waals surface area contributed by atoms with Crippen LogP contribution in [0.2, 0.25) is 0 Å². The van der Waals surface area contributed by atoms with Gasteiger partial charge in [0.2, 0.25) is 0 Å². The molecule has 110 valence electrons. The Morgan fingerprint density at radius 1 is 1.29 bits per heavy atom. The maximum Gasteiger partial charge on any atom is 0.265 e. The Bertz CT molecular complexity index is 586. The van der Waals surface area contributed by atoms with Crippen LogP contribution in [0.1, 0.15) is 21.6 Å². The highest BCUT2D eigenvalue weighted by Crippen LogP contribution is 2.08. The molecule has 1 heterocycles. The average Bonchev–Trinajstić information content (AvgIpc) is 2.53. The molecule has 1 aromatic carbocycles. The van der Waals surface area contributed by atoms with Crippen molar-refractivity contribution < 1.29 is 4.79 Å². The summed E-state index contributed by atoms with van der Waals surface area (Å²) in [6.07, 6.45) is 2.71. The number of amides is 1. The SMILES string of the molecule is CN(CCc1ccccn1)Cc1cccc(C(=O)NN)c1. The number of aromatic nitrogens is 1. The molecule has 0 spiro atoms. The normalized spacial score (nSPS) is 10.6. The molecule has 0 radical (unpaired) electrons. The monoisotopic (exact) mass is 284 g/mol. The number of carbonyl (C=O) groups is 1. The Morgan fingerprint density at radius 3 is 2.86 bits per heavy atom. The number of pyridine rings is 1. The Kier molecular flexibility index (Phi) is 5.43. The van der Waals surface area contributed by atoms with Gasteiger partial charge in [-0.2, -0.15) is 0 Å². The lowest BCUT2D eigenvalue weighted by Crippen LogP contribution is -2.30. The second kappa shape index (κ2) is 7.52. The molecule has 0 unspecified atom stereocenters. The molecule has 5 nitrogen and oxygen atoms in total. The number of nitrogens with zero attached hydrogens (tertiary/aromatic N) is 2. The summed E-state index contributed by atoms with van der Waals surface area (Å²) in [6.45, 7) is 1.68. The molecule has 2 aromatic rings. The maximum absolute atomic E-state index is 11.5. The van der Waals surface area contributed by atoms with E-state index in [-0.39, 0.29) is 5.91 Å². The summed E-state index contributed by atoms with van der Waals surface area (Å²) < 4.78 is 0. The summed E-state index contributed by atoms with van der Waals surface area (Å²) in [5.74, 6) is 4.88. The lowest BCUT2D eigenvalue weighted by molar-refractivity contribution is 0.0953. The predicted octanol–water partition coefficient (Wildman–Crippen LogP) is 1.36. The number of hydrogen-bond donors (Lipinski definition) is 2. The minimum absolute atomic E-state index is 0.270. The van der Waals surface area contributed by atoms with Gasteiger partial charge in [-0.05, 0) is 36.9 Å². The molecule has 2 rings (SSSR count). The molecule has 1 amide bonds. The van der Waals surface area contributed by atoms with Crippen LogP contribution in [0.4, 0.5) is 0 Å². The average molecular weight is 284 g/mol. The molecule has 21 heavy (non-hydrogen) atoms. The minimum Gasteiger partial charge on any atom is -0.302 e. The molecule has 0 aliphatic carbocycles. The highest BCUT2D eigenvalue weighted by molar-refractivity contribution is 5.93. The van der Waals surface area contributed by atoms with Crippen molar-refractivity contribution in [1.29, 1.82) is 0 Å². The number of rotatable bonds is 6. The number of hydrogen-bond acceptors (Lipinski definition) is 4. The van der Waals surface area contributed by atoms with Gasteiger partial charge in [0.15, 0.2) is 0 Å². The van der Waals surface area contributed by atoms with E-state index in [0.717, 1.165) is 30.8 Å². The number of carbonyl (C=O) groups excluding carboxylic acids is 1. The summed E-state index contributed by atoms with van der Waals surface area (Å²) in [7, 11) is 2.05. The van der Waals surface area contributed by atoms with E-state index in [9.17, 15) is 4.79 Å². The van der Waals surface area contributed by atoms with Crippen molar-refractivity contribution in [2.75, 3.05) is 13.6 Å². The van der Waals surface area contributed by atoms with Gasteiger partial charge in [-0.3, -0.25) is 15.2 Å². The zero-order valence-electron chi connectivity index (χ0n) is 12.1. The van der Waals surface area contributed by atoms with Crippen molar-refractivity contribution in [3.63, 3.8) is 0 Å². The fourth-order valence-corrected chi connectivity index (χ4v) is 2.14. The first-order valence-electron chi connectivity index (χ1n) is 6.87. The molecule has 0 fully saturated rings. The van der Waals surface area contributed by atoms with E-state index in [4.69, 9.17) is 5.84 Å². The Hall–Kier alpha value is -2.24. The molecule has 1 aromatic heterocycles. The zero-order valence-corrected chi connectivity index (χ0v) is 12.1. The van der Waals surface area contributed by atoms with Crippen molar-refractivity contribution >= 4 is 5.91 Å². The highest BCUT2D eigenvalue weighted by Gasteiger charge is 2.06. The number of nitrogens with one attached hydrogen (secondary N) is 1. The predicted molar refractivity (Wildman–Crippen MR) is 82.4 cm³/mol. The van der Waals surface area contributed by atoms with Crippen LogP contribution in [0.3, 0.4) is 0 Å². The molecule has 0 aliphatic rings. The largest absolute Gasteiger partial charge is 0.302 e. The minimum atomic E-state index is -0.270. The first kappa shape index (κ1) is 15.2. The third-order valence-electron chi connectivity index (χ3n) is 3.25. The second-order valence-electron chi connectivity index (χ2n) is 4.98. The van der Waals surface area contributed by atoms with E-state index in [2.05, 4.69) is 22.4 Å². The van der Waals surface area contributed by atoms with Gasteiger partial charge in [0, 0.05) is 37.0 Å². The van der Waals surface area contributed by atoms with Crippen LogP contribution < -0.4 is 11.3 Å². The van der Waals surface area contributed by atoms with Gasteiger partial charge in [0.05, 0.1) is 0 Å². The van der Waals surface area contributed by atoms with Gasteiger partial charge in [-0.1, -0.05) is 18.2 Å². The van der Waals surface area contributed by atoms with Crippen LogP contribution in [-0.2, 0) is 13.0 Å². The number of nitrogen functional groups attached to an aromatic ring is 1. The summed E-state index contributed by atoms with van der Waals surface area (Å²) in [5, 5.41) is 0. The topological polar surface area (TPSA) is 71.2 Å². The highest BCUT2D eigenvalue weighted by atomic mass is 16.2. The van der Waals surface area contributed by atoms with Crippen LogP contribution in [0.5, 0.6) is 0 Å². The molecule has 0 atom stereocenters. The van der Waals surface area contributed by atoms with Crippen molar-refractivity contribution in [2.24, 2.45) is 5.84 Å². The Morgan fingerprint density at radius 2 is 2.14 bits per heavy atom. The summed E-state index contributed by atoms with van der Waals surface area (Å²) in [5.41, 5.74) is 4.89. The third-order valence-corrected chi connectivity index (χ3v) is 3.25. The van der Waals surface area contributed by atoms with Gasteiger partial charge in [-0.15, -0.1) is 0 Å². The van der Waals surface area contributed by atoms with Crippen LogP contribution in [0.15, 0.2) is 48.7 Å². The Labute approximate surface area is 124 Å². The van der Waals surface area contributed by atoms with Gasteiger partial charge in [0.1, 0.15) is 0 Å². The van der Waals surface area contributed by atoms with Crippen molar-refractivity contribution in [3.05, 3.63) is 65.5 Å². The van der Waals surface area contributed by atoms with E-state index in [0.29, 0.717) is 5.56 Å². The second-order valence-corrected chi connectivity index (χ2v) is 4.98. The van der Waals surface area contributed by atoms with Crippen LogP contribution in [-0.4, -0.2) is 29.4 Å². The number of nitrogens with two attached hydrogens (primary N) is 1. The van der Waals surface area contributed by atoms with Crippen LogP contribution in [0, 0.1) is 0 Å². The van der Waals surface area contributed by atoms with E-state index >= 15 is 0 Å². The molecule has 0 saturated carbocycles. The molecular formula is C16H20N4O. The van der Waals surface area contributed by atoms with Gasteiger partial charge in [-0.25, -0.2) is 5.84 Å². The van der Waals surface area contributed by atoms with E-state index in [1.54, 1.807) is 6.07 Å². The number of hydrazine groups is 1. The molecule has 0 saturated heterocycles. The van der Waals surface area contributed by atoms with E-state index in [1.165, 1.54) is 0 Å². The van der Waals surface area contributed by atoms with E-state index in [1.807, 2.05) is 42.6 Å². The standard InChI is InChI=1S/C16H20N4O/c1-20(10-8-15-7-2-3-9-18-15)12-13-5-4-6-14(11-13)16(21)19-17/h2-7,9,11H,8,10,12,17H2,1H3,(H,19,21). The fraction of sp³-hybridized carbons (Fsp3) is 0.250. The lowest BCUT2D eigenvalue weighted by Gasteiger charge is -2.16. The van der Waals surface area contributed by atoms with Crippen LogP contribution >= 0.6 is 0 Å². The fourth-order valence-electron chi connectivity index (χ4n) is 2.14. The summed E-state index contributed by atoms with van der Waals surface area (Å²) >= 11 is 0. The molecule has 3 N–H and O–H groups in total. The summed E-state index contributed by atoms with van der Waals surface area (Å²) in [4.78, 5) is 18.0. The van der Waals surface area contributed by atoms with E-state index < -0.39 is 0 Å². The first-order valence-corrected chi connectivity index (χ1v) is 6.87. The van der Waals surface area contributed by atoms with Crippen molar-refractivity contribution in [3.8, 4) is 0 Å². The van der Waals surface area contributed by atoms with Crippen molar-refractivity contribution in [1.82, 2.24) is 15.3 Å².